The van der Waals surface area contributed by atoms with Crippen LogP contribution in [-0.4, -0.2) is 49.2 Å². The van der Waals surface area contributed by atoms with Gasteiger partial charge in [0, 0.05) is 7.05 Å². The van der Waals surface area contributed by atoms with Crippen LogP contribution in [0.25, 0.3) is 0 Å². The van der Waals surface area contributed by atoms with Gasteiger partial charge in [0.05, 0.1) is 5.69 Å². The van der Waals surface area contributed by atoms with Crippen LogP contribution in [0.2, 0.25) is 0 Å². The summed E-state index contributed by atoms with van der Waals surface area (Å²) < 4.78 is 59.0. The molecular weight excluding hydrogens is 289 g/mol. The topological polar surface area (TPSA) is 109 Å². The fraction of sp³-hybridized carbons (Fsp3) is 0.500. The SMILES string of the molecule is Cc1[nH]nc(C(=O)N(C)CC(F)(F)F)c1S(N)(=O)=O. The lowest BCUT2D eigenvalue weighted by Gasteiger charge is -2.18. The van der Waals surface area contributed by atoms with Crippen LogP contribution in [0.15, 0.2) is 4.90 Å². The number of nitrogens with two attached hydrogens (primary N) is 1. The molecule has 0 atom stereocenters. The Bertz CT molecular complexity index is 593. The minimum absolute atomic E-state index is 0.0220. The van der Waals surface area contributed by atoms with E-state index in [2.05, 4.69) is 10.2 Å². The van der Waals surface area contributed by atoms with Crippen molar-refractivity contribution in [1.82, 2.24) is 15.1 Å². The van der Waals surface area contributed by atoms with Crippen molar-refractivity contribution in [1.29, 1.82) is 0 Å². The molecule has 19 heavy (non-hydrogen) atoms. The molecule has 0 spiro atoms. The molecule has 0 bridgehead atoms. The summed E-state index contributed by atoms with van der Waals surface area (Å²) in [6.45, 7) is -0.241. The average molecular weight is 300 g/mol. The molecule has 7 nitrogen and oxygen atoms in total. The second kappa shape index (κ2) is 4.81. The minimum atomic E-state index is -4.60. The zero-order valence-electron chi connectivity index (χ0n) is 9.95. The van der Waals surface area contributed by atoms with Gasteiger partial charge in [0.25, 0.3) is 5.91 Å². The van der Waals surface area contributed by atoms with Gasteiger partial charge < -0.3 is 4.90 Å². The first-order chi connectivity index (χ1) is 8.43. The molecule has 1 heterocycles. The molecule has 0 aromatic carbocycles. The summed E-state index contributed by atoms with van der Waals surface area (Å²) in [7, 11) is -3.38. The number of primary sulfonamides is 1. The molecule has 0 radical (unpaired) electrons. The Labute approximate surface area is 106 Å². The number of halogens is 3. The fourth-order valence-corrected chi connectivity index (χ4v) is 2.31. The van der Waals surface area contributed by atoms with Crippen LogP contribution in [-0.2, 0) is 10.0 Å². The number of amides is 1. The van der Waals surface area contributed by atoms with Gasteiger partial charge in [-0.3, -0.25) is 9.89 Å². The molecule has 0 saturated heterocycles. The van der Waals surface area contributed by atoms with Crippen LogP contribution in [0.4, 0.5) is 13.2 Å². The van der Waals surface area contributed by atoms with Gasteiger partial charge >= 0.3 is 6.18 Å². The van der Waals surface area contributed by atoms with E-state index in [9.17, 15) is 26.4 Å². The number of sulfonamides is 1. The van der Waals surface area contributed by atoms with Gasteiger partial charge in [-0.1, -0.05) is 0 Å². The number of nitrogens with one attached hydrogen (secondary N) is 1. The highest BCUT2D eigenvalue weighted by molar-refractivity contribution is 7.89. The van der Waals surface area contributed by atoms with Gasteiger partial charge in [-0.05, 0) is 6.92 Å². The summed E-state index contributed by atoms with van der Waals surface area (Å²) in [5, 5.41) is 10.5. The van der Waals surface area contributed by atoms with E-state index in [4.69, 9.17) is 5.14 Å². The van der Waals surface area contributed by atoms with E-state index in [-0.39, 0.29) is 5.69 Å². The summed E-state index contributed by atoms with van der Waals surface area (Å²) in [5.41, 5.74) is -0.682. The first-order valence-corrected chi connectivity index (χ1v) is 6.38. The summed E-state index contributed by atoms with van der Waals surface area (Å²) in [6, 6.07) is 0. The highest BCUT2D eigenvalue weighted by atomic mass is 32.2. The number of hydrogen-bond donors (Lipinski definition) is 2. The molecule has 0 aliphatic heterocycles. The van der Waals surface area contributed by atoms with Crippen LogP contribution in [0.1, 0.15) is 16.2 Å². The minimum Gasteiger partial charge on any atom is -0.331 e. The largest absolute Gasteiger partial charge is 0.406 e. The summed E-state index contributed by atoms with van der Waals surface area (Å²) in [4.78, 5) is 11.4. The number of aromatic nitrogens is 2. The van der Waals surface area contributed by atoms with Crippen LogP contribution in [0.3, 0.4) is 0 Å². The Morgan fingerprint density at radius 1 is 1.47 bits per heavy atom. The molecule has 108 valence electrons. The molecule has 1 rings (SSSR count). The van der Waals surface area contributed by atoms with Crippen molar-refractivity contribution in [2.75, 3.05) is 13.6 Å². The summed E-state index contributed by atoms with van der Waals surface area (Å²) in [5.74, 6) is -1.19. The van der Waals surface area contributed by atoms with Crippen molar-refractivity contribution in [3.8, 4) is 0 Å². The van der Waals surface area contributed by atoms with E-state index in [1.54, 1.807) is 0 Å². The number of aromatic amines is 1. The van der Waals surface area contributed by atoms with Crippen molar-refractivity contribution in [3.05, 3.63) is 11.4 Å². The lowest BCUT2D eigenvalue weighted by Crippen LogP contribution is -2.36. The maximum atomic E-state index is 12.2. The smallest absolute Gasteiger partial charge is 0.331 e. The lowest BCUT2D eigenvalue weighted by atomic mass is 10.3. The number of carbonyl (C=O) groups is 1. The molecule has 11 heteroatoms. The Hall–Kier alpha value is -1.62. The molecule has 0 saturated carbocycles. The first kappa shape index (κ1) is 15.4. The van der Waals surface area contributed by atoms with Crippen molar-refractivity contribution >= 4 is 15.9 Å². The third-order valence-electron chi connectivity index (χ3n) is 2.14. The van der Waals surface area contributed by atoms with Gasteiger partial charge in [0.2, 0.25) is 10.0 Å². The second-order valence-corrected chi connectivity index (χ2v) is 5.35. The Kier molecular flexibility index (Phi) is 3.91. The molecule has 3 N–H and O–H groups in total. The van der Waals surface area contributed by atoms with E-state index in [0.717, 1.165) is 7.05 Å². The zero-order valence-corrected chi connectivity index (χ0v) is 10.8. The molecule has 1 amide bonds. The van der Waals surface area contributed by atoms with E-state index < -0.39 is 39.2 Å². The molecular formula is C8H11F3N4O3S. The van der Waals surface area contributed by atoms with Gasteiger partial charge in [-0.2, -0.15) is 18.3 Å². The Balaban J connectivity index is 3.15. The Morgan fingerprint density at radius 2 is 2.00 bits per heavy atom. The number of rotatable bonds is 3. The zero-order chi connectivity index (χ0) is 15.0. The molecule has 1 aromatic heterocycles. The molecule has 1 aromatic rings. The molecule has 0 aliphatic carbocycles. The summed E-state index contributed by atoms with van der Waals surface area (Å²) >= 11 is 0. The van der Waals surface area contributed by atoms with E-state index in [1.165, 1.54) is 6.92 Å². The number of H-pyrrole nitrogens is 1. The van der Waals surface area contributed by atoms with Crippen LogP contribution < -0.4 is 5.14 Å². The maximum Gasteiger partial charge on any atom is 0.406 e. The number of nitrogens with zero attached hydrogens (tertiary/aromatic N) is 2. The predicted molar refractivity (Wildman–Crippen MR) is 57.7 cm³/mol. The quantitative estimate of drug-likeness (QED) is 0.818. The van der Waals surface area contributed by atoms with Crippen LogP contribution >= 0.6 is 0 Å². The van der Waals surface area contributed by atoms with Crippen molar-refractivity contribution in [2.45, 2.75) is 18.0 Å². The third-order valence-corrected chi connectivity index (χ3v) is 3.21. The molecule has 0 unspecified atom stereocenters. The fourth-order valence-electron chi connectivity index (χ4n) is 1.43. The van der Waals surface area contributed by atoms with E-state index in [1.807, 2.05) is 0 Å². The highest BCUT2D eigenvalue weighted by Gasteiger charge is 2.34. The Morgan fingerprint density at radius 3 is 2.42 bits per heavy atom. The standard InChI is InChI=1S/C8H11F3N4O3S/c1-4-6(19(12,17)18)5(14-13-4)7(16)15(2)3-8(9,10)11/h3H2,1-2H3,(H,13,14)(H2,12,17,18). The van der Waals surface area contributed by atoms with Gasteiger partial charge in [-0.15, -0.1) is 0 Å². The van der Waals surface area contributed by atoms with Gasteiger partial charge in [-0.25, -0.2) is 13.6 Å². The van der Waals surface area contributed by atoms with Crippen molar-refractivity contribution in [2.24, 2.45) is 5.14 Å². The third kappa shape index (κ3) is 3.67. The predicted octanol–water partition coefficient (Wildman–Crippen LogP) is -0.000180. The number of alkyl halides is 3. The lowest BCUT2D eigenvalue weighted by molar-refractivity contribution is -0.138. The van der Waals surface area contributed by atoms with Crippen LogP contribution in [0.5, 0.6) is 0 Å². The number of carbonyl (C=O) groups excluding carboxylic acids is 1. The van der Waals surface area contributed by atoms with Gasteiger partial charge in [0.15, 0.2) is 5.69 Å². The second-order valence-electron chi connectivity index (χ2n) is 3.85. The number of hydrogen-bond acceptors (Lipinski definition) is 4. The monoisotopic (exact) mass is 300 g/mol. The molecule has 0 fully saturated rings. The average Bonchev–Trinajstić information content (AvgIpc) is 2.55. The highest BCUT2D eigenvalue weighted by Crippen LogP contribution is 2.20. The van der Waals surface area contributed by atoms with Gasteiger partial charge in [0.1, 0.15) is 11.4 Å². The van der Waals surface area contributed by atoms with E-state index in [0.29, 0.717) is 4.90 Å². The number of aryl methyl sites for hydroxylation is 1. The van der Waals surface area contributed by atoms with Crippen molar-refractivity contribution in [3.63, 3.8) is 0 Å². The van der Waals surface area contributed by atoms with Crippen molar-refractivity contribution < 1.29 is 26.4 Å². The summed E-state index contributed by atoms with van der Waals surface area (Å²) in [6.07, 6.45) is -4.60. The van der Waals surface area contributed by atoms with E-state index >= 15 is 0 Å². The normalized spacial score (nSPS) is 12.5. The first-order valence-electron chi connectivity index (χ1n) is 4.83. The molecule has 0 aliphatic rings. The van der Waals surface area contributed by atoms with Crippen LogP contribution in [0, 0.1) is 6.92 Å². The maximum absolute atomic E-state index is 12.2.